The fourth-order valence-corrected chi connectivity index (χ4v) is 5.17. The van der Waals surface area contributed by atoms with Crippen LogP contribution in [0, 0.1) is 11.3 Å². The second-order valence-corrected chi connectivity index (χ2v) is 11.8. The minimum atomic E-state index is -0.303. The Morgan fingerprint density at radius 3 is 2.10 bits per heavy atom. The van der Waals surface area contributed by atoms with Crippen molar-refractivity contribution in [3.8, 4) is 11.1 Å². The fourth-order valence-electron chi connectivity index (χ4n) is 5.17. The van der Waals surface area contributed by atoms with E-state index in [1.165, 1.54) is 5.56 Å². The van der Waals surface area contributed by atoms with Gasteiger partial charge in [-0.2, -0.15) is 0 Å². The first kappa shape index (κ1) is 29.7. The molecule has 0 saturated carbocycles. The van der Waals surface area contributed by atoms with Gasteiger partial charge in [-0.05, 0) is 59.4 Å². The maximum atomic E-state index is 13.5. The van der Waals surface area contributed by atoms with Gasteiger partial charge in [0.15, 0.2) is 0 Å². The molecule has 0 aliphatic heterocycles. The highest BCUT2D eigenvalue weighted by molar-refractivity contribution is 5.95. The Morgan fingerprint density at radius 2 is 1.44 bits per heavy atom. The van der Waals surface area contributed by atoms with Crippen LogP contribution in [0.1, 0.15) is 32.6 Å². The summed E-state index contributed by atoms with van der Waals surface area (Å²) >= 11 is 0. The highest BCUT2D eigenvalue weighted by atomic mass is 16.3. The number of aliphatic hydroxyl groups excluding tert-OH is 1. The zero-order valence-corrected chi connectivity index (χ0v) is 24.2. The number of rotatable bonds is 12. The van der Waals surface area contributed by atoms with Crippen molar-refractivity contribution < 1.29 is 14.4 Å². The van der Waals surface area contributed by atoms with Crippen molar-refractivity contribution in [1.29, 1.82) is 5.41 Å². The predicted octanol–water partition coefficient (Wildman–Crippen LogP) is 5.04. The van der Waals surface area contributed by atoms with Crippen LogP contribution in [-0.4, -0.2) is 55.1 Å². The normalized spacial score (nSPS) is 12.9. The van der Waals surface area contributed by atoms with Crippen LogP contribution in [-0.2, 0) is 19.4 Å². The van der Waals surface area contributed by atoms with Gasteiger partial charge in [-0.1, -0.05) is 78.9 Å². The first-order valence-corrected chi connectivity index (χ1v) is 14.0. The van der Waals surface area contributed by atoms with Crippen molar-refractivity contribution in [1.82, 2.24) is 5.32 Å². The van der Waals surface area contributed by atoms with Crippen LogP contribution < -0.4 is 11.1 Å². The number of nitrogens with zero attached hydrogens (tertiary/aromatic N) is 1. The number of hydrogen-bond acceptors (Lipinski definition) is 3. The Kier molecular flexibility index (Phi) is 9.71. The molecule has 0 aromatic heterocycles. The lowest BCUT2D eigenvalue weighted by Gasteiger charge is -2.27. The van der Waals surface area contributed by atoms with Gasteiger partial charge in [0.2, 0.25) is 0 Å². The van der Waals surface area contributed by atoms with Crippen molar-refractivity contribution in [2.24, 2.45) is 11.7 Å². The molecule has 0 saturated heterocycles. The van der Waals surface area contributed by atoms with Crippen LogP contribution >= 0.6 is 0 Å². The molecule has 0 aliphatic rings. The minimum absolute atomic E-state index is 0.00470. The van der Waals surface area contributed by atoms with Crippen LogP contribution in [0.3, 0.4) is 0 Å². The summed E-state index contributed by atoms with van der Waals surface area (Å²) in [7, 11) is 6.53. The van der Waals surface area contributed by atoms with Crippen molar-refractivity contribution >= 4 is 11.7 Å². The minimum Gasteiger partial charge on any atom is -0.396 e. The molecule has 0 radical (unpaired) electrons. The highest BCUT2D eigenvalue weighted by Gasteiger charge is 2.24. The molecule has 0 fully saturated rings. The van der Waals surface area contributed by atoms with Crippen LogP contribution in [0.15, 0.2) is 103 Å². The molecule has 41 heavy (non-hydrogen) atoms. The Balaban J connectivity index is 1.53. The molecule has 1 amide bonds. The molecule has 4 aromatic carbocycles. The molecule has 0 heterocycles. The number of nitrogens with one attached hydrogen (secondary N) is 2. The molecule has 0 bridgehead atoms. The second-order valence-electron chi connectivity index (χ2n) is 11.8. The number of hydrogen-bond donors (Lipinski definition) is 4. The van der Waals surface area contributed by atoms with Crippen molar-refractivity contribution in [3.05, 3.63) is 131 Å². The summed E-state index contributed by atoms with van der Waals surface area (Å²) in [6, 6.07) is 33.4. The number of quaternary nitrogens is 1. The van der Waals surface area contributed by atoms with Gasteiger partial charge < -0.3 is 20.6 Å². The van der Waals surface area contributed by atoms with Gasteiger partial charge in [-0.15, -0.1) is 0 Å². The van der Waals surface area contributed by atoms with Gasteiger partial charge in [-0.3, -0.25) is 10.2 Å². The molecule has 6 heteroatoms. The third-order valence-electron chi connectivity index (χ3n) is 7.22. The summed E-state index contributed by atoms with van der Waals surface area (Å²) < 4.78 is 0.851. The van der Waals surface area contributed by atoms with E-state index in [-0.39, 0.29) is 30.3 Å². The van der Waals surface area contributed by atoms with Gasteiger partial charge >= 0.3 is 0 Å². The lowest BCUT2D eigenvalue weighted by Crippen LogP contribution is -2.44. The van der Waals surface area contributed by atoms with E-state index >= 15 is 0 Å². The molecule has 212 valence electrons. The SMILES string of the molecule is C[N+](C)(C)Cc1cccc(-c2ccc(C(=O)NC(Cc3ccccc3)C(CO)Cc3cccc(C(=N)N)c3)cc2)c1. The number of amidine groups is 1. The van der Waals surface area contributed by atoms with Crippen LogP contribution in [0.25, 0.3) is 11.1 Å². The quantitative estimate of drug-likeness (QED) is 0.113. The molecule has 4 aromatic rings. The van der Waals surface area contributed by atoms with Crippen molar-refractivity contribution in [2.45, 2.75) is 25.4 Å². The van der Waals surface area contributed by atoms with Crippen LogP contribution in [0.4, 0.5) is 0 Å². The average molecular weight is 550 g/mol. The molecule has 0 spiro atoms. The lowest BCUT2D eigenvalue weighted by molar-refractivity contribution is -0.884. The molecule has 5 N–H and O–H groups in total. The summed E-state index contributed by atoms with van der Waals surface area (Å²) in [5, 5.41) is 21.4. The number of nitrogen functional groups attached to an aromatic ring is 1. The maximum Gasteiger partial charge on any atom is 0.251 e. The smallest absolute Gasteiger partial charge is 0.251 e. The Hall–Kier alpha value is -4.26. The summed E-state index contributed by atoms with van der Waals surface area (Å²) in [6.45, 7) is 0.840. The standard InChI is InChI=1S/C35H40N4O2/c1-39(2,3)23-27-12-8-13-30(21-27)28-15-17-29(18-16-28)35(41)38-33(22-25-9-5-4-6-10-25)32(24-40)20-26-11-7-14-31(19-26)34(36)37/h4-19,21,32-33,40H,20,22-24H2,1-3H3,(H3-,36,37,38,41)/p+1. The number of carbonyl (C=O) groups is 1. The lowest BCUT2D eigenvalue weighted by atomic mass is 9.88. The number of aliphatic hydroxyl groups is 1. The average Bonchev–Trinajstić information content (AvgIpc) is 2.95. The van der Waals surface area contributed by atoms with E-state index in [1.54, 1.807) is 6.07 Å². The molecular weight excluding hydrogens is 508 g/mol. The summed E-state index contributed by atoms with van der Waals surface area (Å²) in [6.07, 6.45) is 1.12. The van der Waals surface area contributed by atoms with E-state index in [4.69, 9.17) is 11.1 Å². The Morgan fingerprint density at radius 1 is 0.780 bits per heavy atom. The topological polar surface area (TPSA) is 99.2 Å². The first-order chi connectivity index (χ1) is 19.6. The monoisotopic (exact) mass is 549 g/mol. The zero-order valence-electron chi connectivity index (χ0n) is 24.2. The molecule has 2 unspecified atom stereocenters. The summed E-state index contributed by atoms with van der Waals surface area (Å²) in [5.41, 5.74) is 12.4. The molecule has 4 rings (SSSR count). The number of nitrogens with two attached hydrogens (primary N) is 1. The first-order valence-electron chi connectivity index (χ1n) is 14.0. The fraction of sp³-hybridized carbons (Fsp3) is 0.257. The van der Waals surface area contributed by atoms with E-state index in [0.29, 0.717) is 24.0 Å². The molecule has 6 nitrogen and oxygen atoms in total. The van der Waals surface area contributed by atoms with Gasteiger partial charge in [-0.25, -0.2) is 0 Å². The van der Waals surface area contributed by atoms with E-state index in [2.05, 4.69) is 50.7 Å². The van der Waals surface area contributed by atoms with Crippen LogP contribution in [0.5, 0.6) is 0 Å². The van der Waals surface area contributed by atoms with Gasteiger partial charge in [0.05, 0.1) is 21.1 Å². The van der Waals surface area contributed by atoms with E-state index in [1.807, 2.05) is 72.8 Å². The van der Waals surface area contributed by atoms with Gasteiger partial charge in [0.25, 0.3) is 5.91 Å². The second kappa shape index (κ2) is 13.4. The third-order valence-corrected chi connectivity index (χ3v) is 7.22. The number of carbonyl (C=O) groups excluding carboxylic acids is 1. The van der Waals surface area contributed by atoms with E-state index in [9.17, 15) is 9.90 Å². The largest absolute Gasteiger partial charge is 0.396 e. The summed E-state index contributed by atoms with van der Waals surface area (Å²) in [4.78, 5) is 13.5. The molecule has 0 aliphatic carbocycles. The Bertz CT molecular complexity index is 1460. The number of benzene rings is 4. The highest BCUT2D eigenvalue weighted by Crippen LogP contribution is 2.23. The summed E-state index contributed by atoms with van der Waals surface area (Å²) in [5.74, 6) is -0.401. The van der Waals surface area contributed by atoms with E-state index < -0.39 is 0 Å². The number of amides is 1. The van der Waals surface area contributed by atoms with Crippen LogP contribution in [0.2, 0.25) is 0 Å². The maximum absolute atomic E-state index is 13.5. The molecular formula is C35H41N4O2+. The van der Waals surface area contributed by atoms with E-state index in [0.717, 1.165) is 33.3 Å². The van der Waals surface area contributed by atoms with Crippen molar-refractivity contribution in [2.75, 3.05) is 27.7 Å². The third kappa shape index (κ3) is 8.61. The van der Waals surface area contributed by atoms with Gasteiger partial charge in [0.1, 0.15) is 12.4 Å². The molecule has 2 atom stereocenters. The zero-order chi connectivity index (χ0) is 29.4. The Labute approximate surface area is 243 Å². The van der Waals surface area contributed by atoms with Crippen molar-refractivity contribution in [3.63, 3.8) is 0 Å². The van der Waals surface area contributed by atoms with Gasteiger partial charge in [0, 0.05) is 35.3 Å². The predicted molar refractivity (Wildman–Crippen MR) is 167 cm³/mol.